The van der Waals surface area contributed by atoms with Gasteiger partial charge in [0, 0.05) is 38.4 Å². The van der Waals surface area contributed by atoms with Crippen molar-refractivity contribution < 1.29 is 23.0 Å². The minimum atomic E-state index is -3.07. The van der Waals surface area contributed by atoms with Crippen molar-refractivity contribution in [3.05, 3.63) is 53.6 Å². The molecule has 0 atom stereocenters. The Hall–Kier alpha value is -2.71. The van der Waals surface area contributed by atoms with Crippen molar-refractivity contribution in [1.29, 1.82) is 0 Å². The molecule has 156 valence electrons. The molecule has 1 fully saturated rings. The van der Waals surface area contributed by atoms with Crippen molar-refractivity contribution in [1.82, 2.24) is 9.80 Å². The highest BCUT2D eigenvalue weighted by Crippen LogP contribution is 2.33. The number of likely N-dealkylation sites (N-methyl/N-ethyl adjacent to an activating group) is 1. The molecule has 2 aromatic rings. The fraction of sp³-hybridized carbons (Fsp3) is 0.381. The van der Waals surface area contributed by atoms with Gasteiger partial charge in [0.25, 0.3) is 5.91 Å². The zero-order valence-electron chi connectivity index (χ0n) is 16.5. The Morgan fingerprint density at radius 3 is 2.55 bits per heavy atom. The molecule has 1 amide bonds. The van der Waals surface area contributed by atoms with Crippen LogP contribution in [0.25, 0.3) is 0 Å². The summed E-state index contributed by atoms with van der Waals surface area (Å²) in [6, 6.07) is 12.0. The fourth-order valence-electron chi connectivity index (χ4n) is 3.28. The number of carbonyl (C=O) groups excluding carboxylic acids is 1. The van der Waals surface area contributed by atoms with Gasteiger partial charge in [0.15, 0.2) is 11.5 Å². The topological polar surface area (TPSA) is 54.0 Å². The van der Waals surface area contributed by atoms with Crippen LogP contribution >= 0.6 is 0 Å². The number of ether oxygens (including phenoxy) is 2. The monoisotopic (exact) mass is 405 g/mol. The predicted molar refractivity (Wildman–Crippen MR) is 107 cm³/mol. The molecular formula is C21H25F2N3O3. The third kappa shape index (κ3) is 5.65. The van der Waals surface area contributed by atoms with Crippen LogP contribution in [-0.4, -0.2) is 62.7 Å². The van der Waals surface area contributed by atoms with Crippen LogP contribution in [0.5, 0.6) is 11.5 Å². The molecule has 29 heavy (non-hydrogen) atoms. The molecular weight excluding hydrogens is 380 g/mol. The molecule has 0 aliphatic carbocycles. The zero-order chi connectivity index (χ0) is 20.8. The van der Waals surface area contributed by atoms with Gasteiger partial charge in [-0.15, -0.1) is 0 Å². The number of benzene rings is 2. The highest BCUT2D eigenvalue weighted by Gasteiger charge is 2.20. The number of hydrogen-bond donors (Lipinski definition) is 1. The molecule has 0 bridgehead atoms. The fourth-order valence-corrected chi connectivity index (χ4v) is 3.28. The normalized spacial score (nSPS) is 15.3. The number of para-hydroxylation sites is 1. The van der Waals surface area contributed by atoms with Gasteiger partial charge in [0.05, 0.1) is 12.7 Å². The van der Waals surface area contributed by atoms with Crippen molar-refractivity contribution >= 4 is 11.6 Å². The average Bonchev–Trinajstić information content (AvgIpc) is 2.69. The van der Waals surface area contributed by atoms with Gasteiger partial charge in [-0.1, -0.05) is 18.2 Å². The van der Waals surface area contributed by atoms with E-state index >= 15 is 0 Å². The van der Waals surface area contributed by atoms with Gasteiger partial charge in [0.1, 0.15) is 0 Å². The zero-order valence-corrected chi connectivity index (χ0v) is 16.5. The highest BCUT2D eigenvalue weighted by atomic mass is 19.3. The van der Waals surface area contributed by atoms with Gasteiger partial charge in [-0.05, 0) is 36.9 Å². The highest BCUT2D eigenvalue weighted by molar-refractivity contribution is 6.06. The number of methoxy groups -OCH3 is 1. The number of rotatable bonds is 7. The Morgan fingerprint density at radius 1 is 1.14 bits per heavy atom. The second-order valence-corrected chi connectivity index (χ2v) is 6.95. The molecule has 0 saturated carbocycles. The van der Waals surface area contributed by atoms with Crippen molar-refractivity contribution in [2.45, 2.75) is 13.2 Å². The first-order valence-corrected chi connectivity index (χ1v) is 9.39. The number of piperazine rings is 1. The lowest BCUT2D eigenvalue weighted by atomic mass is 10.1. The summed E-state index contributed by atoms with van der Waals surface area (Å²) in [6.07, 6.45) is 0. The van der Waals surface area contributed by atoms with Crippen LogP contribution in [0.15, 0.2) is 42.5 Å². The van der Waals surface area contributed by atoms with Gasteiger partial charge in [-0.2, -0.15) is 8.78 Å². The summed E-state index contributed by atoms with van der Waals surface area (Å²) in [7, 11) is 3.44. The van der Waals surface area contributed by atoms with Crippen LogP contribution in [0, 0.1) is 0 Å². The van der Waals surface area contributed by atoms with E-state index in [0.717, 1.165) is 38.3 Å². The summed E-state index contributed by atoms with van der Waals surface area (Å²) in [5, 5.41) is 2.76. The Bertz CT molecular complexity index is 840. The minimum Gasteiger partial charge on any atom is -0.493 e. The maximum atomic E-state index is 12.8. The lowest BCUT2D eigenvalue weighted by Crippen LogP contribution is -2.43. The maximum absolute atomic E-state index is 12.8. The Morgan fingerprint density at radius 2 is 1.86 bits per heavy atom. The third-order valence-electron chi connectivity index (χ3n) is 4.84. The van der Waals surface area contributed by atoms with E-state index in [-0.39, 0.29) is 17.1 Å². The number of anilines is 1. The van der Waals surface area contributed by atoms with E-state index in [1.165, 1.54) is 19.2 Å². The van der Waals surface area contributed by atoms with Crippen LogP contribution in [0.4, 0.5) is 14.5 Å². The minimum absolute atomic E-state index is 0.0193. The first-order valence-electron chi connectivity index (χ1n) is 9.39. The first kappa shape index (κ1) is 21.0. The molecule has 0 spiro atoms. The van der Waals surface area contributed by atoms with E-state index in [1.807, 2.05) is 18.2 Å². The van der Waals surface area contributed by atoms with E-state index in [9.17, 15) is 13.6 Å². The Balaban J connectivity index is 1.73. The van der Waals surface area contributed by atoms with Crippen LogP contribution in [0.3, 0.4) is 0 Å². The molecule has 1 saturated heterocycles. The number of amides is 1. The Kier molecular flexibility index (Phi) is 7.00. The van der Waals surface area contributed by atoms with Crippen LogP contribution in [-0.2, 0) is 6.54 Å². The van der Waals surface area contributed by atoms with Crippen molar-refractivity contribution in [2.75, 3.05) is 45.7 Å². The van der Waals surface area contributed by atoms with E-state index < -0.39 is 12.5 Å². The molecule has 6 nitrogen and oxygen atoms in total. The molecule has 0 unspecified atom stereocenters. The predicted octanol–water partition coefficient (Wildman–Crippen LogP) is 3.30. The molecule has 8 heteroatoms. The van der Waals surface area contributed by atoms with Crippen LogP contribution in [0.2, 0.25) is 0 Å². The van der Waals surface area contributed by atoms with E-state index in [2.05, 4.69) is 26.9 Å². The number of carbonyl (C=O) groups is 1. The summed E-state index contributed by atoms with van der Waals surface area (Å²) < 4.78 is 35.2. The van der Waals surface area contributed by atoms with Crippen molar-refractivity contribution in [3.8, 4) is 11.5 Å². The lowest BCUT2D eigenvalue weighted by Gasteiger charge is -2.32. The maximum Gasteiger partial charge on any atom is 0.387 e. The molecule has 1 aliphatic rings. The van der Waals surface area contributed by atoms with E-state index in [0.29, 0.717) is 5.69 Å². The number of nitrogens with zero attached hydrogens (tertiary/aromatic N) is 2. The largest absolute Gasteiger partial charge is 0.493 e. The van der Waals surface area contributed by atoms with Crippen LogP contribution in [0.1, 0.15) is 15.9 Å². The van der Waals surface area contributed by atoms with Gasteiger partial charge in [-0.3, -0.25) is 9.69 Å². The molecule has 2 aromatic carbocycles. The summed E-state index contributed by atoms with van der Waals surface area (Å²) >= 11 is 0. The SMILES string of the molecule is COc1cccc(C(=O)Nc2cccc(CN3CCN(C)CC3)c2)c1OC(F)F. The molecule has 0 aromatic heterocycles. The van der Waals surface area contributed by atoms with Gasteiger partial charge in [-0.25, -0.2) is 0 Å². The summed E-state index contributed by atoms with van der Waals surface area (Å²) in [4.78, 5) is 17.4. The Labute approximate surface area is 169 Å². The number of alkyl halides is 2. The van der Waals surface area contributed by atoms with Gasteiger partial charge in [0.2, 0.25) is 0 Å². The third-order valence-corrected chi connectivity index (χ3v) is 4.84. The number of hydrogen-bond acceptors (Lipinski definition) is 5. The average molecular weight is 405 g/mol. The summed E-state index contributed by atoms with van der Waals surface area (Å²) in [5.41, 5.74) is 1.64. The summed E-state index contributed by atoms with van der Waals surface area (Å²) in [6.45, 7) is 1.76. The van der Waals surface area contributed by atoms with E-state index in [1.54, 1.807) is 12.1 Å². The lowest BCUT2D eigenvalue weighted by molar-refractivity contribution is -0.0515. The standard InChI is InChI=1S/C21H25F2N3O3/c1-25-9-11-26(12-10-25)14-15-5-3-6-16(13-15)24-20(27)17-7-4-8-18(28-2)19(17)29-21(22)23/h3-8,13,21H,9-12,14H2,1-2H3,(H,24,27). The van der Waals surface area contributed by atoms with Crippen molar-refractivity contribution in [2.24, 2.45) is 0 Å². The quantitative estimate of drug-likeness (QED) is 0.766. The molecule has 3 rings (SSSR count). The van der Waals surface area contributed by atoms with Crippen LogP contribution < -0.4 is 14.8 Å². The first-order chi connectivity index (χ1) is 14.0. The second kappa shape index (κ2) is 9.67. The summed E-state index contributed by atoms with van der Waals surface area (Å²) in [5.74, 6) is -0.755. The second-order valence-electron chi connectivity index (χ2n) is 6.95. The van der Waals surface area contributed by atoms with Gasteiger partial charge >= 0.3 is 6.61 Å². The van der Waals surface area contributed by atoms with Crippen molar-refractivity contribution in [3.63, 3.8) is 0 Å². The molecule has 1 heterocycles. The smallest absolute Gasteiger partial charge is 0.387 e. The molecule has 1 N–H and O–H groups in total. The molecule has 0 radical (unpaired) electrons. The van der Waals surface area contributed by atoms with E-state index in [4.69, 9.17) is 4.74 Å². The number of nitrogens with one attached hydrogen (secondary N) is 1. The molecule has 1 aliphatic heterocycles. The van der Waals surface area contributed by atoms with Gasteiger partial charge < -0.3 is 19.7 Å². The number of halogens is 2.